The number of guanidine groups is 1. The molecule has 3 nitrogen and oxygen atoms in total. The molecule has 1 saturated carbocycles. The molecule has 20 heavy (non-hydrogen) atoms. The Labute approximate surface area is 122 Å². The van der Waals surface area contributed by atoms with Crippen LogP contribution in [0.5, 0.6) is 0 Å². The molecule has 0 aliphatic heterocycles. The van der Waals surface area contributed by atoms with E-state index in [2.05, 4.69) is 42.4 Å². The van der Waals surface area contributed by atoms with Crippen LogP contribution in [0.15, 0.2) is 23.2 Å². The SMILES string of the molecule is Cc1cccc(C)c1CCN=C(N)NC1CCCCC1. The zero-order valence-corrected chi connectivity index (χ0v) is 12.8. The number of nitrogens with one attached hydrogen (secondary N) is 1. The average molecular weight is 273 g/mol. The minimum atomic E-state index is 0.535. The first-order valence-corrected chi connectivity index (χ1v) is 7.78. The standard InChI is InChI=1S/C17H27N3/c1-13-7-6-8-14(2)16(13)11-12-19-17(18)20-15-9-4-3-5-10-15/h6-8,15H,3-5,9-12H2,1-2H3,(H3,18,19,20). The van der Waals surface area contributed by atoms with Crippen LogP contribution in [0.3, 0.4) is 0 Å². The monoisotopic (exact) mass is 273 g/mol. The number of nitrogens with zero attached hydrogens (tertiary/aromatic N) is 1. The Balaban J connectivity index is 1.83. The Morgan fingerprint density at radius 3 is 2.50 bits per heavy atom. The first-order chi connectivity index (χ1) is 9.66. The number of rotatable bonds is 4. The summed E-state index contributed by atoms with van der Waals surface area (Å²) in [6.45, 7) is 5.09. The van der Waals surface area contributed by atoms with E-state index in [-0.39, 0.29) is 0 Å². The van der Waals surface area contributed by atoms with Gasteiger partial charge in [-0.2, -0.15) is 0 Å². The average Bonchev–Trinajstić information content (AvgIpc) is 2.43. The molecule has 0 amide bonds. The third-order valence-electron chi connectivity index (χ3n) is 4.25. The highest BCUT2D eigenvalue weighted by Gasteiger charge is 2.13. The molecular formula is C17H27N3. The summed E-state index contributed by atoms with van der Waals surface area (Å²) in [5.74, 6) is 0.614. The predicted molar refractivity (Wildman–Crippen MR) is 86.1 cm³/mol. The third kappa shape index (κ3) is 4.26. The van der Waals surface area contributed by atoms with Gasteiger partial charge in [0.15, 0.2) is 5.96 Å². The van der Waals surface area contributed by atoms with Gasteiger partial charge >= 0.3 is 0 Å². The summed E-state index contributed by atoms with van der Waals surface area (Å²) in [5.41, 5.74) is 10.1. The van der Waals surface area contributed by atoms with Crippen molar-refractivity contribution in [3.63, 3.8) is 0 Å². The summed E-state index contributed by atoms with van der Waals surface area (Å²) in [7, 11) is 0. The van der Waals surface area contributed by atoms with Crippen molar-refractivity contribution in [3.8, 4) is 0 Å². The van der Waals surface area contributed by atoms with E-state index in [4.69, 9.17) is 5.73 Å². The van der Waals surface area contributed by atoms with Gasteiger partial charge in [0.05, 0.1) is 0 Å². The summed E-state index contributed by atoms with van der Waals surface area (Å²) < 4.78 is 0. The lowest BCUT2D eigenvalue weighted by Crippen LogP contribution is -2.41. The molecular weight excluding hydrogens is 246 g/mol. The predicted octanol–water partition coefficient (Wildman–Crippen LogP) is 3.08. The lowest BCUT2D eigenvalue weighted by molar-refractivity contribution is 0.412. The number of hydrogen-bond donors (Lipinski definition) is 2. The molecule has 0 aromatic heterocycles. The quantitative estimate of drug-likeness (QED) is 0.654. The Morgan fingerprint density at radius 2 is 1.85 bits per heavy atom. The van der Waals surface area contributed by atoms with Gasteiger partial charge < -0.3 is 11.1 Å². The maximum atomic E-state index is 5.98. The van der Waals surface area contributed by atoms with E-state index in [1.165, 1.54) is 48.8 Å². The molecule has 1 aliphatic carbocycles. The molecule has 1 aromatic rings. The fraction of sp³-hybridized carbons (Fsp3) is 0.588. The number of aryl methyl sites for hydroxylation is 2. The fourth-order valence-corrected chi connectivity index (χ4v) is 3.03. The first-order valence-electron chi connectivity index (χ1n) is 7.78. The van der Waals surface area contributed by atoms with Crippen LogP contribution in [-0.2, 0) is 6.42 Å². The summed E-state index contributed by atoms with van der Waals surface area (Å²) >= 11 is 0. The second-order valence-corrected chi connectivity index (χ2v) is 5.87. The first kappa shape index (κ1) is 14.9. The molecule has 0 atom stereocenters. The van der Waals surface area contributed by atoms with Crippen molar-refractivity contribution in [1.29, 1.82) is 0 Å². The summed E-state index contributed by atoms with van der Waals surface area (Å²) in [6.07, 6.45) is 7.41. The molecule has 0 unspecified atom stereocenters. The van der Waals surface area contributed by atoms with Gasteiger partial charge in [-0.1, -0.05) is 37.5 Å². The minimum absolute atomic E-state index is 0.535. The van der Waals surface area contributed by atoms with Crippen molar-refractivity contribution in [2.75, 3.05) is 6.54 Å². The van der Waals surface area contributed by atoms with Crippen molar-refractivity contribution in [2.24, 2.45) is 10.7 Å². The maximum Gasteiger partial charge on any atom is 0.188 e. The van der Waals surface area contributed by atoms with Crippen LogP contribution in [0.2, 0.25) is 0 Å². The molecule has 0 saturated heterocycles. The molecule has 0 radical (unpaired) electrons. The van der Waals surface area contributed by atoms with Gasteiger partial charge in [0.25, 0.3) is 0 Å². The van der Waals surface area contributed by atoms with E-state index in [0.717, 1.165) is 13.0 Å². The second-order valence-electron chi connectivity index (χ2n) is 5.87. The Bertz CT molecular complexity index is 439. The molecule has 1 aromatic carbocycles. The van der Waals surface area contributed by atoms with E-state index in [9.17, 15) is 0 Å². The Morgan fingerprint density at radius 1 is 1.20 bits per heavy atom. The summed E-state index contributed by atoms with van der Waals surface area (Å²) in [6, 6.07) is 6.97. The van der Waals surface area contributed by atoms with Crippen molar-refractivity contribution >= 4 is 5.96 Å². The third-order valence-corrected chi connectivity index (χ3v) is 4.25. The normalized spacial score (nSPS) is 17.2. The second kappa shape index (κ2) is 7.32. The van der Waals surface area contributed by atoms with Gasteiger partial charge in [0.1, 0.15) is 0 Å². The van der Waals surface area contributed by atoms with Crippen molar-refractivity contribution in [3.05, 3.63) is 34.9 Å². The van der Waals surface area contributed by atoms with Crippen molar-refractivity contribution in [2.45, 2.75) is 58.4 Å². The van der Waals surface area contributed by atoms with E-state index in [1.807, 2.05) is 0 Å². The highest BCUT2D eigenvalue weighted by Crippen LogP contribution is 2.17. The van der Waals surface area contributed by atoms with Crippen molar-refractivity contribution < 1.29 is 0 Å². The molecule has 3 N–H and O–H groups in total. The molecule has 110 valence electrons. The molecule has 0 bridgehead atoms. The zero-order chi connectivity index (χ0) is 14.4. The van der Waals surface area contributed by atoms with Crippen LogP contribution in [0.1, 0.15) is 48.8 Å². The van der Waals surface area contributed by atoms with Crippen LogP contribution in [0.4, 0.5) is 0 Å². The topological polar surface area (TPSA) is 50.4 Å². The summed E-state index contributed by atoms with van der Waals surface area (Å²) in [4.78, 5) is 4.48. The minimum Gasteiger partial charge on any atom is -0.370 e. The fourth-order valence-electron chi connectivity index (χ4n) is 3.03. The number of aliphatic imine (C=N–C) groups is 1. The van der Waals surface area contributed by atoms with Crippen LogP contribution in [-0.4, -0.2) is 18.5 Å². The molecule has 0 heterocycles. The highest BCUT2D eigenvalue weighted by atomic mass is 15.1. The molecule has 2 rings (SSSR count). The van der Waals surface area contributed by atoms with E-state index < -0.39 is 0 Å². The van der Waals surface area contributed by atoms with Gasteiger partial charge in [-0.3, -0.25) is 4.99 Å². The lowest BCUT2D eigenvalue weighted by atomic mass is 9.96. The number of hydrogen-bond acceptors (Lipinski definition) is 1. The van der Waals surface area contributed by atoms with Crippen molar-refractivity contribution in [1.82, 2.24) is 5.32 Å². The van der Waals surface area contributed by atoms with Crippen LogP contribution >= 0.6 is 0 Å². The molecule has 1 fully saturated rings. The smallest absolute Gasteiger partial charge is 0.188 e. The molecule has 0 spiro atoms. The van der Waals surface area contributed by atoms with Gasteiger partial charge in [-0.25, -0.2) is 0 Å². The summed E-state index contributed by atoms with van der Waals surface area (Å²) in [5, 5.41) is 3.36. The Kier molecular flexibility index (Phi) is 5.45. The van der Waals surface area contributed by atoms with Gasteiger partial charge in [0.2, 0.25) is 0 Å². The van der Waals surface area contributed by atoms with Gasteiger partial charge in [-0.05, 0) is 49.8 Å². The van der Waals surface area contributed by atoms with Crippen LogP contribution < -0.4 is 11.1 Å². The molecule has 1 aliphatic rings. The zero-order valence-electron chi connectivity index (χ0n) is 12.8. The maximum absolute atomic E-state index is 5.98. The Hall–Kier alpha value is -1.51. The van der Waals surface area contributed by atoms with Gasteiger partial charge in [-0.15, -0.1) is 0 Å². The van der Waals surface area contributed by atoms with E-state index in [0.29, 0.717) is 12.0 Å². The number of benzene rings is 1. The highest BCUT2D eigenvalue weighted by molar-refractivity contribution is 5.78. The van der Waals surface area contributed by atoms with E-state index in [1.54, 1.807) is 0 Å². The van der Waals surface area contributed by atoms with E-state index >= 15 is 0 Å². The van der Waals surface area contributed by atoms with Gasteiger partial charge in [0, 0.05) is 12.6 Å². The largest absolute Gasteiger partial charge is 0.370 e. The number of nitrogens with two attached hydrogens (primary N) is 1. The van der Waals surface area contributed by atoms with Crippen LogP contribution in [0, 0.1) is 13.8 Å². The lowest BCUT2D eigenvalue weighted by Gasteiger charge is -2.23. The molecule has 3 heteroatoms. The van der Waals surface area contributed by atoms with Crippen LogP contribution in [0.25, 0.3) is 0 Å².